The summed E-state index contributed by atoms with van der Waals surface area (Å²) in [5, 5.41) is 6.49. The molecule has 136 valence electrons. The van der Waals surface area contributed by atoms with Crippen molar-refractivity contribution in [1.82, 2.24) is 10.6 Å². The van der Waals surface area contributed by atoms with Crippen LogP contribution in [0.3, 0.4) is 0 Å². The molecule has 0 saturated carbocycles. The average molecular weight is 355 g/mol. The van der Waals surface area contributed by atoms with Gasteiger partial charge in [-0.3, -0.25) is 4.79 Å². The molecule has 24 heavy (non-hydrogen) atoms. The van der Waals surface area contributed by atoms with Crippen LogP contribution in [0.4, 0.5) is 0 Å². The second-order valence-corrected chi connectivity index (χ2v) is 7.02. The third kappa shape index (κ3) is 5.38. The number of aryl methyl sites for hydroxylation is 1. The zero-order chi connectivity index (χ0) is 17.0. The lowest BCUT2D eigenvalue weighted by Crippen LogP contribution is -2.51. The highest BCUT2D eigenvalue weighted by Gasteiger charge is 2.25. The number of carbonyl (C=O) groups excluding carboxylic acids is 1. The second kappa shape index (κ2) is 9.28. The van der Waals surface area contributed by atoms with Crippen LogP contribution in [0.15, 0.2) is 18.2 Å². The number of halogens is 1. The maximum atomic E-state index is 12.4. The molecule has 1 aromatic rings. The molecule has 3 atom stereocenters. The summed E-state index contributed by atoms with van der Waals surface area (Å²) in [5.41, 5.74) is 2.29. The largest absolute Gasteiger partial charge is 0.481 e. The zero-order valence-electron chi connectivity index (χ0n) is 15.4. The normalized spacial score (nSPS) is 21.8. The number of piperidine rings is 1. The van der Waals surface area contributed by atoms with Gasteiger partial charge in [0.15, 0.2) is 6.10 Å². The Labute approximate surface area is 152 Å². The van der Waals surface area contributed by atoms with Gasteiger partial charge in [-0.05, 0) is 62.4 Å². The minimum atomic E-state index is -0.488. The lowest BCUT2D eigenvalue weighted by atomic mass is 9.95. The Bertz CT molecular complexity index is 548. The first-order valence-electron chi connectivity index (χ1n) is 8.66. The maximum Gasteiger partial charge on any atom is 0.261 e. The van der Waals surface area contributed by atoms with E-state index in [1.165, 1.54) is 5.56 Å². The summed E-state index contributed by atoms with van der Waals surface area (Å²) in [6.07, 6.45) is 0.486. The van der Waals surface area contributed by atoms with E-state index in [4.69, 9.17) is 4.74 Å². The van der Waals surface area contributed by atoms with E-state index in [0.29, 0.717) is 11.8 Å². The van der Waals surface area contributed by atoms with E-state index in [9.17, 15) is 4.79 Å². The predicted octanol–water partition coefficient (Wildman–Crippen LogP) is 3.42. The molecule has 0 radical (unpaired) electrons. The SMILES string of the molecule is Cc1ccc(C(C)C)cc1OC(C)C(=O)NC1CCNCC1C.Cl. The molecule has 2 rings (SSSR count). The van der Waals surface area contributed by atoms with Gasteiger partial charge in [0, 0.05) is 6.04 Å². The molecule has 1 fully saturated rings. The van der Waals surface area contributed by atoms with Crippen molar-refractivity contribution < 1.29 is 9.53 Å². The zero-order valence-corrected chi connectivity index (χ0v) is 16.2. The van der Waals surface area contributed by atoms with Crippen molar-refractivity contribution in [1.29, 1.82) is 0 Å². The van der Waals surface area contributed by atoms with Crippen molar-refractivity contribution in [2.75, 3.05) is 13.1 Å². The highest BCUT2D eigenvalue weighted by Crippen LogP contribution is 2.25. The Morgan fingerprint density at radius 3 is 2.67 bits per heavy atom. The number of benzene rings is 1. The second-order valence-electron chi connectivity index (χ2n) is 7.02. The summed E-state index contributed by atoms with van der Waals surface area (Å²) in [5.74, 6) is 1.67. The Morgan fingerprint density at radius 2 is 2.04 bits per heavy atom. The van der Waals surface area contributed by atoms with Crippen LogP contribution in [0.2, 0.25) is 0 Å². The van der Waals surface area contributed by atoms with Gasteiger partial charge in [-0.2, -0.15) is 0 Å². The third-order valence-corrected chi connectivity index (χ3v) is 4.66. The molecule has 0 aliphatic carbocycles. The van der Waals surface area contributed by atoms with Gasteiger partial charge in [-0.15, -0.1) is 12.4 Å². The number of hydrogen-bond acceptors (Lipinski definition) is 3. The molecular weight excluding hydrogens is 324 g/mol. The van der Waals surface area contributed by atoms with Crippen molar-refractivity contribution in [3.8, 4) is 5.75 Å². The van der Waals surface area contributed by atoms with E-state index in [0.717, 1.165) is 30.8 Å². The molecule has 1 heterocycles. The van der Waals surface area contributed by atoms with Crippen LogP contribution in [0.25, 0.3) is 0 Å². The third-order valence-electron chi connectivity index (χ3n) is 4.66. The van der Waals surface area contributed by atoms with Crippen molar-refractivity contribution in [3.63, 3.8) is 0 Å². The number of hydrogen-bond donors (Lipinski definition) is 2. The van der Waals surface area contributed by atoms with Gasteiger partial charge in [0.25, 0.3) is 5.91 Å². The Hall–Kier alpha value is -1.26. The monoisotopic (exact) mass is 354 g/mol. The highest BCUT2D eigenvalue weighted by molar-refractivity contribution is 5.85. The molecule has 1 amide bonds. The fourth-order valence-electron chi connectivity index (χ4n) is 2.88. The van der Waals surface area contributed by atoms with E-state index in [2.05, 4.69) is 49.6 Å². The number of ether oxygens (including phenoxy) is 1. The standard InChI is InChI=1S/C19H30N2O2.ClH/c1-12(2)16-7-6-13(3)18(10-16)23-15(5)19(22)21-17-8-9-20-11-14(17)4;/h6-7,10,12,14-15,17,20H,8-9,11H2,1-5H3,(H,21,22);1H. The maximum absolute atomic E-state index is 12.4. The van der Waals surface area contributed by atoms with Crippen LogP contribution in [-0.4, -0.2) is 31.1 Å². The van der Waals surface area contributed by atoms with Crippen LogP contribution in [0.1, 0.15) is 51.2 Å². The first-order chi connectivity index (χ1) is 10.9. The van der Waals surface area contributed by atoms with Gasteiger partial charge < -0.3 is 15.4 Å². The van der Waals surface area contributed by atoms with Crippen molar-refractivity contribution >= 4 is 18.3 Å². The highest BCUT2D eigenvalue weighted by atomic mass is 35.5. The number of nitrogens with one attached hydrogen (secondary N) is 2. The summed E-state index contributed by atoms with van der Waals surface area (Å²) >= 11 is 0. The predicted molar refractivity (Wildman–Crippen MR) is 101 cm³/mol. The molecule has 0 spiro atoms. The van der Waals surface area contributed by atoms with Crippen molar-refractivity contribution in [2.24, 2.45) is 5.92 Å². The van der Waals surface area contributed by atoms with Gasteiger partial charge in [0.2, 0.25) is 0 Å². The smallest absolute Gasteiger partial charge is 0.261 e. The Balaban J connectivity index is 0.00000288. The lowest BCUT2D eigenvalue weighted by Gasteiger charge is -2.31. The van der Waals surface area contributed by atoms with Crippen LogP contribution >= 0.6 is 12.4 Å². The van der Waals surface area contributed by atoms with E-state index in [-0.39, 0.29) is 24.4 Å². The lowest BCUT2D eigenvalue weighted by molar-refractivity contribution is -0.128. The summed E-state index contributed by atoms with van der Waals surface area (Å²) in [4.78, 5) is 12.4. The quantitative estimate of drug-likeness (QED) is 0.851. The molecule has 1 aliphatic rings. The van der Waals surface area contributed by atoms with E-state index in [1.807, 2.05) is 13.8 Å². The van der Waals surface area contributed by atoms with Gasteiger partial charge >= 0.3 is 0 Å². The molecule has 4 nitrogen and oxygen atoms in total. The fraction of sp³-hybridized carbons (Fsp3) is 0.632. The summed E-state index contributed by atoms with van der Waals surface area (Å²) in [6.45, 7) is 12.2. The van der Waals surface area contributed by atoms with Crippen LogP contribution in [0, 0.1) is 12.8 Å². The summed E-state index contributed by atoms with van der Waals surface area (Å²) < 4.78 is 5.95. The minimum absolute atomic E-state index is 0. The van der Waals surface area contributed by atoms with E-state index < -0.39 is 6.10 Å². The Kier molecular flexibility index (Phi) is 8.04. The van der Waals surface area contributed by atoms with Gasteiger partial charge in [0.05, 0.1) is 0 Å². The summed E-state index contributed by atoms with van der Waals surface area (Å²) in [6, 6.07) is 6.47. The molecule has 5 heteroatoms. The molecule has 1 aliphatic heterocycles. The Morgan fingerprint density at radius 1 is 1.33 bits per heavy atom. The van der Waals surface area contributed by atoms with Gasteiger partial charge in [-0.1, -0.05) is 32.9 Å². The average Bonchev–Trinajstić information content (AvgIpc) is 2.51. The topological polar surface area (TPSA) is 50.4 Å². The first-order valence-corrected chi connectivity index (χ1v) is 8.66. The minimum Gasteiger partial charge on any atom is -0.481 e. The first kappa shape index (κ1) is 20.8. The van der Waals surface area contributed by atoms with E-state index in [1.54, 1.807) is 0 Å². The van der Waals surface area contributed by atoms with Crippen LogP contribution < -0.4 is 15.4 Å². The molecule has 2 N–H and O–H groups in total. The van der Waals surface area contributed by atoms with Crippen molar-refractivity contribution in [3.05, 3.63) is 29.3 Å². The number of amides is 1. The molecule has 3 unspecified atom stereocenters. The molecule has 0 aromatic heterocycles. The molecule has 0 bridgehead atoms. The number of carbonyl (C=O) groups is 1. The summed E-state index contributed by atoms with van der Waals surface area (Å²) in [7, 11) is 0. The van der Waals surface area contributed by atoms with Gasteiger partial charge in [-0.25, -0.2) is 0 Å². The van der Waals surface area contributed by atoms with Crippen molar-refractivity contribution in [2.45, 2.75) is 59.1 Å². The van der Waals surface area contributed by atoms with E-state index >= 15 is 0 Å². The molecular formula is C19H31ClN2O2. The van der Waals surface area contributed by atoms with Crippen LogP contribution in [0.5, 0.6) is 5.75 Å². The fourth-order valence-corrected chi connectivity index (χ4v) is 2.88. The van der Waals surface area contributed by atoms with Crippen LogP contribution in [-0.2, 0) is 4.79 Å². The number of rotatable bonds is 5. The molecule has 1 saturated heterocycles. The molecule has 1 aromatic carbocycles. The van der Waals surface area contributed by atoms with Gasteiger partial charge in [0.1, 0.15) is 5.75 Å².